The van der Waals surface area contributed by atoms with Crippen LogP contribution < -0.4 is 10.6 Å². The molecule has 94 valence electrons. The smallest absolute Gasteiger partial charge is 0.224 e. The number of hydrogen-bond acceptors (Lipinski definition) is 4. The lowest BCUT2D eigenvalue weighted by atomic mass is 9.73. The summed E-state index contributed by atoms with van der Waals surface area (Å²) in [7, 11) is 1.84. The van der Waals surface area contributed by atoms with Crippen LogP contribution in [0, 0.1) is 5.41 Å². The number of aromatic nitrogens is 2. The minimum absolute atomic E-state index is 0.350. The van der Waals surface area contributed by atoms with Crippen LogP contribution in [0.1, 0.15) is 39.5 Å². The van der Waals surface area contributed by atoms with Crippen LogP contribution in [0.25, 0.3) is 0 Å². The molecule has 17 heavy (non-hydrogen) atoms. The first kappa shape index (κ1) is 12.1. The van der Waals surface area contributed by atoms with Gasteiger partial charge in [0.05, 0.1) is 0 Å². The molecule has 2 N–H and O–H groups in total. The standard InChI is InChI=1S/C13H22N4/c1-13(2)8-5-4-6-10(13)16-11-7-9-15-12(14-3)17-11/h7,9-10H,4-6,8H2,1-3H3,(H2,14,15,16,17). The van der Waals surface area contributed by atoms with E-state index in [0.717, 1.165) is 5.82 Å². The van der Waals surface area contributed by atoms with Gasteiger partial charge in [-0.2, -0.15) is 4.98 Å². The molecule has 0 saturated heterocycles. The van der Waals surface area contributed by atoms with Crippen LogP contribution in [-0.4, -0.2) is 23.1 Å². The van der Waals surface area contributed by atoms with Crippen molar-refractivity contribution in [3.63, 3.8) is 0 Å². The first-order valence-corrected chi connectivity index (χ1v) is 6.39. The van der Waals surface area contributed by atoms with Gasteiger partial charge in [0.15, 0.2) is 0 Å². The maximum Gasteiger partial charge on any atom is 0.224 e. The summed E-state index contributed by atoms with van der Waals surface area (Å²) in [6.07, 6.45) is 6.96. The Kier molecular flexibility index (Phi) is 3.50. The molecule has 1 aromatic heterocycles. The van der Waals surface area contributed by atoms with Gasteiger partial charge in [-0.05, 0) is 24.3 Å². The lowest BCUT2D eigenvalue weighted by molar-refractivity contribution is 0.216. The summed E-state index contributed by atoms with van der Waals surface area (Å²) in [6.45, 7) is 4.67. The molecule has 1 aliphatic rings. The second kappa shape index (κ2) is 4.90. The molecular weight excluding hydrogens is 212 g/mol. The lowest BCUT2D eigenvalue weighted by Crippen LogP contribution is -2.39. The fourth-order valence-electron chi connectivity index (χ4n) is 2.50. The molecule has 1 fully saturated rings. The van der Waals surface area contributed by atoms with Crippen molar-refractivity contribution in [3.8, 4) is 0 Å². The number of hydrogen-bond donors (Lipinski definition) is 2. The van der Waals surface area contributed by atoms with E-state index in [0.29, 0.717) is 17.4 Å². The van der Waals surface area contributed by atoms with Gasteiger partial charge in [-0.3, -0.25) is 0 Å². The van der Waals surface area contributed by atoms with E-state index in [-0.39, 0.29) is 0 Å². The molecule has 4 nitrogen and oxygen atoms in total. The van der Waals surface area contributed by atoms with Gasteiger partial charge in [-0.1, -0.05) is 26.7 Å². The summed E-state index contributed by atoms with van der Waals surface area (Å²) in [5.41, 5.74) is 0.350. The summed E-state index contributed by atoms with van der Waals surface area (Å²) >= 11 is 0. The van der Waals surface area contributed by atoms with Gasteiger partial charge >= 0.3 is 0 Å². The number of rotatable bonds is 3. The maximum absolute atomic E-state index is 4.42. The molecule has 0 radical (unpaired) electrons. The second-order valence-electron chi connectivity index (χ2n) is 5.45. The fourth-order valence-corrected chi connectivity index (χ4v) is 2.50. The Balaban J connectivity index is 2.08. The quantitative estimate of drug-likeness (QED) is 0.844. The largest absolute Gasteiger partial charge is 0.367 e. The lowest BCUT2D eigenvalue weighted by Gasteiger charge is -2.39. The van der Waals surface area contributed by atoms with Gasteiger partial charge in [-0.15, -0.1) is 0 Å². The van der Waals surface area contributed by atoms with Crippen LogP contribution in [0.15, 0.2) is 12.3 Å². The second-order valence-corrected chi connectivity index (χ2v) is 5.45. The van der Waals surface area contributed by atoms with Crippen LogP contribution in [0.4, 0.5) is 11.8 Å². The molecule has 0 spiro atoms. The van der Waals surface area contributed by atoms with E-state index in [1.165, 1.54) is 25.7 Å². The van der Waals surface area contributed by atoms with Crippen LogP contribution in [0.3, 0.4) is 0 Å². The molecular formula is C13H22N4. The molecule has 4 heteroatoms. The summed E-state index contributed by atoms with van der Waals surface area (Å²) < 4.78 is 0. The highest BCUT2D eigenvalue weighted by Gasteiger charge is 2.32. The first-order valence-electron chi connectivity index (χ1n) is 6.39. The van der Waals surface area contributed by atoms with E-state index in [9.17, 15) is 0 Å². The molecule has 1 saturated carbocycles. The van der Waals surface area contributed by atoms with E-state index in [1.54, 1.807) is 6.20 Å². The molecule has 2 rings (SSSR count). The minimum atomic E-state index is 0.350. The molecule has 1 aromatic rings. The highest BCUT2D eigenvalue weighted by Crippen LogP contribution is 2.36. The summed E-state index contributed by atoms with van der Waals surface area (Å²) in [5, 5.41) is 6.52. The predicted octanol–water partition coefficient (Wildman–Crippen LogP) is 2.90. The summed E-state index contributed by atoms with van der Waals surface area (Å²) in [4.78, 5) is 8.54. The third-order valence-electron chi connectivity index (χ3n) is 3.71. The van der Waals surface area contributed by atoms with Crippen molar-refractivity contribution in [2.45, 2.75) is 45.6 Å². The van der Waals surface area contributed by atoms with Gasteiger partial charge < -0.3 is 10.6 Å². The Hall–Kier alpha value is -1.32. The highest BCUT2D eigenvalue weighted by molar-refractivity contribution is 5.40. The first-order chi connectivity index (χ1) is 8.12. The topological polar surface area (TPSA) is 49.8 Å². The monoisotopic (exact) mass is 234 g/mol. The molecule has 0 amide bonds. The zero-order chi connectivity index (χ0) is 12.3. The molecule has 1 heterocycles. The number of nitrogens with zero attached hydrogens (tertiary/aromatic N) is 2. The predicted molar refractivity (Wildman–Crippen MR) is 71.2 cm³/mol. The van der Waals surface area contributed by atoms with Crippen LogP contribution in [-0.2, 0) is 0 Å². The zero-order valence-electron chi connectivity index (χ0n) is 11.0. The third-order valence-corrected chi connectivity index (χ3v) is 3.71. The van der Waals surface area contributed by atoms with E-state index in [4.69, 9.17) is 0 Å². The molecule has 0 aromatic carbocycles. The molecule has 1 aliphatic carbocycles. The van der Waals surface area contributed by atoms with E-state index in [1.807, 2.05) is 13.1 Å². The Morgan fingerprint density at radius 3 is 2.88 bits per heavy atom. The van der Waals surface area contributed by atoms with Crippen molar-refractivity contribution in [2.24, 2.45) is 5.41 Å². The highest BCUT2D eigenvalue weighted by atomic mass is 15.1. The fraction of sp³-hybridized carbons (Fsp3) is 0.692. The number of nitrogens with one attached hydrogen (secondary N) is 2. The maximum atomic E-state index is 4.42. The Bertz CT molecular complexity index is 375. The zero-order valence-corrected chi connectivity index (χ0v) is 11.0. The number of anilines is 2. The van der Waals surface area contributed by atoms with E-state index in [2.05, 4.69) is 34.4 Å². The van der Waals surface area contributed by atoms with Gasteiger partial charge in [0, 0.05) is 19.3 Å². The Morgan fingerprint density at radius 1 is 1.35 bits per heavy atom. The summed E-state index contributed by atoms with van der Waals surface area (Å²) in [5.74, 6) is 1.59. The molecule has 0 bridgehead atoms. The molecule has 0 aliphatic heterocycles. The van der Waals surface area contributed by atoms with Crippen LogP contribution >= 0.6 is 0 Å². The Morgan fingerprint density at radius 2 is 2.18 bits per heavy atom. The molecule has 1 atom stereocenters. The van der Waals surface area contributed by atoms with Crippen molar-refractivity contribution in [1.82, 2.24) is 9.97 Å². The summed E-state index contributed by atoms with van der Waals surface area (Å²) in [6, 6.07) is 2.45. The van der Waals surface area contributed by atoms with Crippen LogP contribution in [0.2, 0.25) is 0 Å². The normalized spacial score (nSPS) is 23.1. The van der Waals surface area contributed by atoms with Gasteiger partial charge in [0.25, 0.3) is 0 Å². The minimum Gasteiger partial charge on any atom is -0.367 e. The van der Waals surface area contributed by atoms with Gasteiger partial charge in [0.2, 0.25) is 5.95 Å². The van der Waals surface area contributed by atoms with Crippen molar-refractivity contribution >= 4 is 11.8 Å². The van der Waals surface area contributed by atoms with E-state index < -0.39 is 0 Å². The average Bonchev–Trinajstić information content (AvgIpc) is 2.32. The third kappa shape index (κ3) is 2.87. The van der Waals surface area contributed by atoms with Crippen molar-refractivity contribution < 1.29 is 0 Å². The van der Waals surface area contributed by atoms with Gasteiger partial charge in [0.1, 0.15) is 5.82 Å². The van der Waals surface area contributed by atoms with Gasteiger partial charge in [-0.25, -0.2) is 4.98 Å². The van der Waals surface area contributed by atoms with Crippen molar-refractivity contribution in [2.75, 3.05) is 17.7 Å². The Labute approximate surface area is 103 Å². The SMILES string of the molecule is CNc1nccc(NC2CCCCC2(C)C)n1. The van der Waals surface area contributed by atoms with E-state index >= 15 is 0 Å². The van der Waals surface area contributed by atoms with Crippen molar-refractivity contribution in [1.29, 1.82) is 0 Å². The van der Waals surface area contributed by atoms with Crippen molar-refractivity contribution in [3.05, 3.63) is 12.3 Å². The van der Waals surface area contributed by atoms with Crippen LogP contribution in [0.5, 0.6) is 0 Å². The molecule has 1 unspecified atom stereocenters. The average molecular weight is 234 g/mol.